The molecule has 0 bridgehead atoms. The van der Waals surface area contributed by atoms with Crippen LogP contribution >= 0.6 is 12.4 Å². The normalized spacial score (nSPS) is 13.8. The monoisotopic (exact) mass is 434 g/mol. The Balaban J connectivity index is 0.00000256. The summed E-state index contributed by atoms with van der Waals surface area (Å²) in [7, 11) is 3.14. The number of hydrogen-bond donors (Lipinski definition) is 1. The fourth-order valence-electron chi connectivity index (χ4n) is 3.35. The number of carbonyl (C=O) groups excluding carboxylic acids is 1. The van der Waals surface area contributed by atoms with Crippen molar-refractivity contribution in [3.05, 3.63) is 29.7 Å². The van der Waals surface area contributed by atoms with Crippen LogP contribution in [0, 0.1) is 6.92 Å². The first-order valence-electron chi connectivity index (χ1n) is 9.17. The third-order valence-electron chi connectivity index (χ3n) is 4.92. The molecule has 1 aliphatic rings. The number of aromatic nitrogens is 3. The van der Waals surface area contributed by atoms with E-state index in [1.165, 1.54) is 0 Å². The summed E-state index contributed by atoms with van der Waals surface area (Å²) in [5.74, 6) is 2.49. The SMILES string of the molecule is COc1cc2nc(N3CCN(C(=O)c4cc(C)on4)CC3)nc(N)c2cc1OC.Cl. The summed E-state index contributed by atoms with van der Waals surface area (Å²) in [6.07, 6.45) is 0. The fraction of sp³-hybridized carbons (Fsp3) is 0.368. The van der Waals surface area contributed by atoms with Gasteiger partial charge in [-0.2, -0.15) is 4.98 Å². The minimum atomic E-state index is -0.141. The molecule has 1 fully saturated rings. The van der Waals surface area contributed by atoms with Crippen LogP contribution in [0.25, 0.3) is 10.9 Å². The smallest absolute Gasteiger partial charge is 0.276 e. The molecular weight excluding hydrogens is 412 g/mol. The van der Waals surface area contributed by atoms with E-state index < -0.39 is 0 Å². The third-order valence-corrected chi connectivity index (χ3v) is 4.92. The van der Waals surface area contributed by atoms with Crippen molar-refractivity contribution in [1.29, 1.82) is 0 Å². The van der Waals surface area contributed by atoms with E-state index in [1.807, 2.05) is 4.90 Å². The number of nitrogens with zero attached hydrogens (tertiary/aromatic N) is 5. The van der Waals surface area contributed by atoms with Crippen molar-refractivity contribution in [3.63, 3.8) is 0 Å². The molecule has 11 heteroatoms. The van der Waals surface area contributed by atoms with Gasteiger partial charge in [0.05, 0.1) is 19.7 Å². The molecule has 1 aromatic carbocycles. The Morgan fingerprint density at radius 3 is 2.33 bits per heavy atom. The number of piperazine rings is 1. The molecule has 0 atom stereocenters. The van der Waals surface area contributed by atoms with E-state index in [-0.39, 0.29) is 18.3 Å². The highest BCUT2D eigenvalue weighted by molar-refractivity contribution is 5.93. The van der Waals surface area contributed by atoms with Gasteiger partial charge in [-0.25, -0.2) is 4.98 Å². The van der Waals surface area contributed by atoms with Gasteiger partial charge in [0.1, 0.15) is 11.6 Å². The molecule has 0 saturated carbocycles. The van der Waals surface area contributed by atoms with Crippen molar-refractivity contribution in [2.75, 3.05) is 51.0 Å². The van der Waals surface area contributed by atoms with Crippen LogP contribution in [0.3, 0.4) is 0 Å². The maximum absolute atomic E-state index is 12.5. The molecule has 0 unspecified atom stereocenters. The lowest BCUT2D eigenvalue weighted by Gasteiger charge is -2.34. The molecule has 30 heavy (non-hydrogen) atoms. The van der Waals surface area contributed by atoms with E-state index in [4.69, 9.17) is 19.7 Å². The largest absolute Gasteiger partial charge is 0.493 e. The second-order valence-corrected chi connectivity index (χ2v) is 6.74. The van der Waals surface area contributed by atoms with E-state index in [1.54, 1.807) is 44.2 Å². The Bertz CT molecular complexity index is 1060. The zero-order valence-electron chi connectivity index (χ0n) is 16.9. The van der Waals surface area contributed by atoms with E-state index in [0.29, 0.717) is 71.8 Å². The van der Waals surface area contributed by atoms with Crippen LogP contribution in [0.4, 0.5) is 11.8 Å². The Kier molecular flexibility index (Phi) is 6.16. The topological polar surface area (TPSA) is 120 Å². The molecule has 160 valence electrons. The molecule has 3 aromatic rings. The van der Waals surface area contributed by atoms with E-state index >= 15 is 0 Å². The fourth-order valence-corrected chi connectivity index (χ4v) is 3.35. The number of nitrogen functional groups attached to an aromatic ring is 1. The third kappa shape index (κ3) is 3.90. The molecule has 1 aliphatic heterocycles. The average Bonchev–Trinajstić information content (AvgIpc) is 3.18. The molecule has 1 saturated heterocycles. The molecule has 1 amide bonds. The summed E-state index contributed by atoms with van der Waals surface area (Å²) >= 11 is 0. The maximum Gasteiger partial charge on any atom is 0.276 e. The number of methoxy groups -OCH3 is 2. The Hall–Kier alpha value is -3.27. The zero-order chi connectivity index (χ0) is 20.5. The number of ether oxygens (including phenoxy) is 2. The highest BCUT2D eigenvalue weighted by atomic mass is 35.5. The van der Waals surface area contributed by atoms with Gasteiger partial charge in [0.2, 0.25) is 5.95 Å². The highest BCUT2D eigenvalue weighted by Gasteiger charge is 2.26. The number of anilines is 2. The number of hydrogen-bond acceptors (Lipinski definition) is 9. The number of aryl methyl sites for hydroxylation is 1. The number of rotatable bonds is 4. The molecule has 0 radical (unpaired) electrons. The summed E-state index contributed by atoms with van der Waals surface area (Å²) < 4.78 is 15.7. The van der Waals surface area contributed by atoms with Gasteiger partial charge < -0.3 is 29.5 Å². The van der Waals surface area contributed by atoms with Crippen molar-refractivity contribution < 1.29 is 18.8 Å². The minimum Gasteiger partial charge on any atom is -0.493 e. The molecule has 2 N–H and O–H groups in total. The lowest BCUT2D eigenvalue weighted by molar-refractivity contribution is 0.0735. The molecular formula is C19H23ClN6O4. The number of halogens is 1. The van der Waals surface area contributed by atoms with Crippen LogP contribution in [0.15, 0.2) is 22.7 Å². The molecule has 10 nitrogen and oxygen atoms in total. The zero-order valence-corrected chi connectivity index (χ0v) is 17.7. The summed E-state index contributed by atoms with van der Waals surface area (Å²) in [4.78, 5) is 25.4. The standard InChI is InChI=1S/C19H22N6O4.ClH/c1-11-8-14(23-29-11)18(26)24-4-6-25(7-5-24)19-21-13-10-16(28-3)15(27-2)9-12(13)17(20)22-19;/h8-10H,4-7H2,1-3H3,(H2,20,21,22);1H. The first-order valence-corrected chi connectivity index (χ1v) is 9.17. The van der Waals surface area contributed by atoms with Crippen LogP contribution in [0.1, 0.15) is 16.2 Å². The van der Waals surface area contributed by atoms with Gasteiger partial charge in [-0.05, 0) is 13.0 Å². The lowest BCUT2D eigenvalue weighted by atomic mass is 10.2. The van der Waals surface area contributed by atoms with Gasteiger partial charge in [0.25, 0.3) is 5.91 Å². The Morgan fingerprint density at radius 1 is 1.07 bits per heavy atom. The Morgan fingerprint density at radius 2 is 1.73 bits per heavy atom. The summed E-state index contributed by atoms with van der Waals surface area (Å²) in [5, 5.41) is 4.50. The van der Waals surface area contributed by atoms with Crippen LogP contribution in [-0.4, -0.2) is 66.3 Å². The number of benzene rings is 1. The van der Waals surface area contributed by atoms with Gasteiger partial charge in [0.15, 0.2) is 17.2 Å². The summed E-state index contributed by atoms with van der Waals surface area (Å²) in [5.41, 5.74) is 7.17. The first-order chi connectivity index (χ1) is 14.0. The van der Waals surface area contributed by atoms with Crippen molar-refractivity contribution in [3.8, 4) is 11.5 Å². The second kappa shape index (κ2) is 8.62. The second-order valence-electron chi connectivity index (χ2n) is 6.74. The highest BCUT2D eigenvalue weighted by Crippen LogP contribution is 2.34. The van der Waals surface area contributed by atoms with E-state index in [0.717, 1.165) is 0 Å². The van der Waals surface area contributed by atoms with Gasteiger partial charge in [0, 0.05) is 43.7 Å². The lowest BCUT2D eigenvalue weighted by Crippen LogP contribution is -2.49. The van der Waals surface area contributed by atoms with E-state index in [2.05, 4.69) is 15.1 Å². The van der Waals surface area contributed by atoms with Crippen LogP contribution in [-0.2, 0) is 0 Å². The molecule has 4 rings (SSSR count). The van der Waals surface area contributed by atoms with Crippen molar-refractivity contribution >= 4 is 41.0 Å². The van der Waals surface area contributed by atoms with E-state index in [9.17, 15) is 4.79 Å². The van der Waals surface area contributed by atoms with Crippen LogP contribution in [0.2, 0.25) is 0 Å². The maximum atomic E-state index is 12.5. The van der Waals surface area contributed by atoms with Crippen molar-refractivity contribution in [2.24, 2.45) is 0 Å². The predicted octanol–water partition coefficient (Wildman–Crippen LogP) is 1.91. The van der Waals surface area contributed by atoms with Gasteiger partial charge in [-0.3, -0.25) is 4.79 Å². The van der Waals surface area contributed by atoms with Crippen LogP contribution < -0.4 is 20.1 Å². The Labute approximate surface area is 179 Å². The molecule has 0 spiro atoms. The quantitative estimate of drug-likeness (QED) is 0.656. The number of fused-ring (bicyclic) bond motifs is 1. The number of carbonyl (C=O) groups is 1. The minimum absolute atomic E-state index is 0. The first kappa shape index (κ1) is 21.4. The average molecular weight is 435 g/mol. The summed E-state index contributed by atoms with van der Waals surface area (Å²) in [6.45, 7) is 3.98. The van der Waals surface area contributed by atoms with Gasteiger partial charge >= 0.3 is 0 Å². The molecule has 3 heterocycles. The van der Waals surface area contributed by atoms with Gasteiger partial charge in [-0.15, -0.1) is 12.4 Å². The number of nitrogens with two attached hydrogens (primary N) is 1. The van der Waals surface area contributed by atoms with Crippen LogP contribution in [0.5, 0.6) is 11.5 Å². The number of amides is 1. The summed E-state index contributed by atoms with van der Waals surface area (Å²) in [6, 6.07) is 5.19. The van der Waals surface area contributed by atoms with Crippen molar-refractivity contribution in [1.82, 2.24) is 20.0 Å². The van der Waals surface area contributed by atoms with Crippen molar-refractivity contribution in [2.45, 2.75) is 6.92 Å². The molecule has 2 aromatic heterocycles. The van der Waals surface area contributed by atoms with Gasteiger partial charge in [-0.1, -0.05) is 5.16 Å². The molecule has 0 aliphatic carbocycles. The predicted molar refractivity (Wildman–Crippen MR) is 114 cm³/mol.